The number of aryl methyl sites for hydroxylation is 2. The van der Waals surface area contributed by atoms with Gasteiger partial charge in [-0.2, -0.15) is 0 Å². The third-order valence-corrected chi connectivity index (χ3v) is 20.1. The molecule has 0 spiro atoms. The minimum Gasteiger partial charge on any atom is -0.306 e. The number of aromatic nitrogens is 2. The molecule has 0 amide bonds. The average Bonchev–Trinajstić information content (AvgIpc) is 4.19. The summed E-state index contributed by atoms with van der Waals surface area (Å²) in [5.74, 6) is 0.817. The Labute approximate surface area is 453 Å². The summed E-state index contributed by atoms with van der Waals surface area (Å²) in [6.07, 6.45) is 40.9. The molecule has 0 aliphatic heterocycles. The standard InChI is InChI=1S/C64H96N2O2S4/c1-7-11-15-19-23-25-29-33-37-51(35-31-27-21-17-13-9-3)47-65-56-45-54(58-41-42-59(71-58)61-46-62-60(72-61)43-50(6)70-62)64(68)66(55(56)44-53(63(65)67)57-40-39-49(5)69-57)48-52(36-32-28-22-18-14-10-4)38-34-30-26-24-20-16-12-8-2/h39-46,51-52H,7-38,47-48H2,1-6H3. The van der Waals surface area contributed by atoms with Gasteiger partial charge in [-0.3, -0.25) is 9.59 Å². The van der Waals surface area contributed by atoms with Gasteiger partial charge in [0.15, 0.2) is 0 Å². The van der Waals surface area contributed by atoms with E-state index in [4.69, 9.17) is 0 Å². The number of thiophene rings is 4. The van der Waals surface area contributed by atoms with E-state index in [1.807, 2.05) is 22.7 Å². The summed E-state index contributed by atoms with van der Waals surface area (Å²) in [5, 5.41) is 0. The molecule has 0 aliphatic rings. The molecule has 2 atom stereocenters. The molecule has 6 aromatic heterocycles. The molecule has 0 radical (unpaired) electrons. The number of unbranched alkanes of at least 4 members (excludes halogenated alkanes) is 24. The fourth-order valence-electron chi connectivity index (χ4n) is 11.2. The topological polar surface area (TPSA) is 44.0 Å². The maximum Gasteiger partial charge on any atom is 0.259 e. The number of rotatable bonds is 39. The molecule has 0 saturated heterocycles. The van der Waals surface area contributed by atoms with E-state index in [9.17, 15) is 0 Å². The Morgan fingerprint density at radius 1 is 0.361 bits per heavy atom. The highest BCUT2D eigenvalue weighted by Gasteiger charge is 2.24. The van der Waals surface area contributed by atoms with E-state index in [-0.39, 0.29) is 11.1 Å². The molecule has 398 valence electrons. The highest BCUT2D eigenvalue weighted by molar-refractivity contribution is 7.31. The van der Waals surface area contributed by atoms with E-state index in [0.29, 0.717) is 24.9 Å². The van der Waals surface area contributed by atoms with Gasteiger partial charge >= 0.3 is 0 Å². The van der Waals surface area contributed by atoms with Crippen molar-refractivity contribution in [1.29, 1.82) is 0 Å². The van der Waals surface area contributed by atoms with Crippen LogP contribution >= 0.6 is 45.3 Å². The van der Waals surface area contributed by atoms with Gasteiger partial charge in [0, 0.05) is 51.8 Å². The van der Waals surface area contributed by atoms with E-state index in [1.54, 1.807) is 22.7 Å². The zero-order chi connectivity index (χ0) is 50.9. The third kappa shape index (κ3) is 18.2. The van der Waals surface area contributed by atoms with Gasteiger partial charge in [-0.15, -0.1) is 45.3 Å². The quantitative estimate of drug-likeness (QED) is 0.0361. The van der Waals surface area contributed by atoms with Crippen LogP contribution in [-0.4, -0.2) is 9.13 Å². The molecular weight excluding hydrogens is 957 g/mol. The van der Waals surface area contributed by atoms with Gasteiger partial charge in [-0.25, -0.2) is 0 Å². The van der Waals surface area contributed by atoms with Crippen LogP contribution in [0.4, 0.5) is 0 Å². The number of hydrogen-bond donors (Lipinski definition) is 0. The predicted molar refractivity (Wildman–Crippen MR) is 325 cm³/mol. The first-order chi connectivity index (χ1) is 35.2. The number of pyridine rings is 2. The normalized spacial score (nSPS) is 12.8. The van der Waals surface area contributed by atoms with E-state index in [2.05, 4.69) is 99.2 Å². The predicted octanol–water partition coefficient (Wildman–Crippen LogP) is 22.0. The summed E-state index contributed by atoms with van der Waals surface area (Å²) in [4.78, 5) is 38.1. The Hall–Kier alpha value is -2.78. The lowest BCUT2D eigenvalue weighted by Gasteiger charge is -2.24. The van der Waals surface area contributed by atoms with Crippen LogP contribution in [-0.2, 0) is 13.1 Å². The molecular formula is C64H96N2O2S4. The van der Waals surface area contributed by atoms with Gasteiger partial charge in [0.25, 0.3) is 11.1 Å². The molecule has 0 N–H and O–H groups in total. The Morgan fingerprint density at radius 3 is 1.11 bits per heavy atom. The van der Waals surface area contributed by atoms with Crippen LogP contribution in [0.5, 0.6) is 0 Å². The van der Waals surface area contributed by atoms with Gasteiger partial charge in [0.2, 0.25) is 0 Å². The lowest BCUT2D eigenvalue weighted by atomic mass is 9.93. The second-order valence-electron chi connectivity index (χ2n) is 21.9. The van der Waals surface area contributed by atoms with Crippen molar-refractivity contribution in [2.24, 2.45) is 11.8 Å². The molecule has 4 nitrogen and oxygen atoms in total. The summed E-state index contributed by atoms with van der Waals surface area (Å²) in [6.45, 7) is 14.9. The monoisotopic (exact) mass is 1050 g/mol. The summed E-state index contributed by atoms with van der Waals surface area (Å²) >= 11 is 7.18. The van der Waals surface area contributed by atoms with Crippen molar-refractivity contribution in [2.45, 2.75) is 260 Å². The molecule has 6 heterocycles. The van der Waals surface area contributed by atoms with E-state index < -0.39 is 0 Å². The van der Waals surface area contributed by atoms with Gasteiger partial charge < -0.3 is 9.13 Å². The highest BCUT2D eigenvalue weighted by Crippen LogP contribution is 2.43. The fourth-order valence-corrected chi connectivity index (χ4v) is 15.5. The van der Waals surface area contributed by atoms with Crippen molar-refractivity contribution in [2.75, 3.05) is 0 Å². The lowest BCUT2D eigenvalue weighted by molar-refractivity contribution is 0.353. The molecule has 72 heavy (non-hydrogen) atoms. The Balaban J connectivity index is 1.43. The lowest BCUT2D eigenvalue weighted by Crippen LogP contribution is -2.31. The van der Waals surface area contributed by atoms with Gasteiger partial charge in [-0.1, -0.05) is 207 Å². The molecule has 0 aliphatic carbocycles. The highest BCUT2D eigenvalue weighted by atomic mass is 32.1. The summed E-state index contributed by atoms with van der Waals surface area (Å²) in [5.41, 5.74) is 3.61. The van der Waals surface area contributed by atoms with Gasteiger partial charge in [-0.05, 0) is 99.9 Å². The van der Waals surface area contributed by atoms with Crippen molar-refractivity contribution < 1.29 is 0 Å². The average molecular weight is 1050 g/mol. The summed E-state index contributed by atoms with van der Waals surface area (Å²) < 4.78 is 7.04. The number of hydrogen-bond acceptors (Lipinski definition) is 6. The first kappa shape index (κ1) is 58.5. The summed E-state index contributed by atoms with van der Waals surface area (Å²) in [7, 11) is 0. The van der Waals surface area contributed by atoms with Crippen LogP contribution in [0.2, 0.25) is 0 Å². The van der Waals surface area contributed by atoms with Crippen molar-refractivity contribution in [3.63, 3.8) is 0 Å². The van der Waals surface area contributed by atoms with Crippen LogP contribution in [0.3, 0.4) is 0 Å². The Kier molecular flexibility index (Phi) is 26.5. The maximum atomic E-state index is 15.6. The van der Waals surface area contributed by atoms with E-state index in [0.717, 1.165) is 57.6 Å². The molecule has 6 rings (SSSR count). The van der Waals surface area contributed by atoms with E-state index in [1.165, 1.54) is 209 Å². The number of fused-ring (bicyclic) bond motifs is 2. The van der Waals surface area contributed by atoms with Crippen LogP contribution < -0.4 is 11.1 Å². The van der Waals surface area contributed by atoms with E-state index >= 15 is 9.59 Å². The first-order valence-corrected chi connectivity index (χ1v) is 33.0. The van der Waals surface area contributed by atoms with Crippen LogP contribution in [0, 0.1) is 25.7 Å². The van der Waals surface area contributed by atoms with Gasteiger partial charge in [0.05, 0.1) is 22.2 Å². The molecule has 0 saturated carbocycles. The summed E-state index contributed by atoms with van der Waals surface area (Å²) in [6, 6.07) is 17.7. The van der Waals surface area contributed by atoms with Gasteiger partial charge in [0.1, 0.15) is 0 Å². The molecule has 0 bridgehead atoms. The smallest absolute Gasteiger partial charge is 0.259 e. The van der Waals surface area contributed by atoms with Crippen LogP contribution in [0.25, 0.3) is 51.1 Å². The van der Waals surface area contributed by atoms with Crippen molar-refractivity contribution in [1.82, 2.24) is 9.13 Å². The molecule has 6 aromatic rings. The number of nitrogens with zero attached hydrogens (tertiary/aromatic N) is 2. The third-order valence-electron chi connectivity index (χ3n) is 15.6. The fraction of sp³-hybridized carbons (Fsp3) is 0.656. The molecule has 2 unspecified atom stereocenters. The largest absolute Gasteiger partial charge is 0.306 e. The first-order valence-electron chi connectivity index (χ1n) is 29.7. The maximum absolute atomic E-state index is 15.6. The molecule has 0 fully saturated rings. The zero-order valence-corrected chi connectivity index (χ0v) is 49.4. The van der Waals surface area contributed by atoms with Crippen LogP contribution in [0.1, 0.15) is 243 Å². The SMILES string of the molecule is CCCCCCCCCCC(CCCCCCCC)Cn1c(=O)c(-c2ccc(C)s2)cc2c1cc(-c1ccc(-c3cc4sc(C)cc4s3)s1)c(=O)n2CC(CCCCCCCC)CCCCCCCCCC. The molecule has 0 aromatic carbocycles. The second kappa shape index (κ2) is 32.6. The minimum absolute atomic E-state index is 0.101. The van der Waals surface area contributed by atoms with Crippen molar-refractivity contribution in [3.8, 4) is 30.6 Å². The van der Waals surface area contributed by atoms with Crippen LogP contribution in [0.15, 0.2) is 58.1 Å². The Morgan fingerprint density at radius 2 is 0.722 bits per heavy atom. The second-order valence-corrected chi connectivity index (χ2v) is 26.6. The molecule has 8 heteroatoms. The minimum atomic E-state index is 0.101. The van der Waals surface area contributed by atoms with Crippen molar-refractivity contribution in [3.05, 3.63) is 79.0 Å². The van der Waals surface area contributed by atoms with Crippen molar-refractivity contribution >= 4 is 65.8 Å². The zero-order valence-electron chi connectivity index (χ0n) is 46.2. The Bertz CT molecular complexity index is 2530.